The Bertz CT molecular complexity index is 1070. The Labute approximate surface area is 180 Å². The van der Waals surface area contributed by atoms with Crippen LogP contribution in [0.5, 0.6) is 0 Å². The summed E-state index contributed by atoms with van der Waals surface area (Å²) in [6, 6.07) is 14.1. The summed E-state index contributed by atoms with van der Waals surface area (Å²) in [7, 11) is 0. The van der Waals surface area contributed by atoms with Crippen LogP contribution in [0.1, 0.15) is 50.7 Å². The first-order chi connectivity index (χ1) is 14.5. The van der Waals surface area contributed by atoms with Crippen molar-refractivity contribution in [3.05, 3.63) is 80.8 Å². The highest BCUT2D eigenvalue weighted by atomic mass is 32.1. The lowest BCUT2D eigenvalue weighted by Gasteiger charge is -2.36. The first-order valence-corrected chi connectivity index (χ1v) is 11.1. The molecule has 2 aromatic heterocycles. The Balaban J connectivity index is 1.64. The SMILES string of the molecule is CCOC(=O)c1cc(C)n(CC(=O)N2CCc3sccc3[C@@H]2c2ccccc2)c1C. The molecule has 156 valence electrons. The third-order valence-corrected chi connectivity index (χ3v) is 6.76. The molecule has 3 aromatic rings. The Morgan fingerprint density at radius 2 is 1.93 bits per heavy atom. The molecule has 0 saturated heterocycles. The van der Waals surface area contributed by atoms with Gasteiger partial charge in [0, 0.05) is 22.8 Å². The summed E-state index contributed by atoms with van der Waals surface area (Å²) in [4.78, 5) is 29.1. The maximum absolute atomic E-state index is 13.5. The average molecular weight is 423 g/mol. The van der Waals surface area contributed by atoms with Gasteiger partial charge in [0.1, 0.15) is 6.54 Å². The van der Waals surface area contributed by atoms with Crippen molar-refractivity contribution in [1.29, 1.82) is 0 Å². The van der Waals surface area contributed by atoms with Crippen molar-refractivity contribution in [3.8, 4) is 0 Å². The lowest BCUT2D eigenvalue weighted by molar-refractivity contribution is -0.134. The Hall–Kier alpha value is -2.86. The summed E-state index contributed by atoms with van der Waals surface area (Å²) in [5, 5.41) is 2.11. The number of hydrogen-bond donors (Lipinski definition) is 0. The highest BCUT2D eigenvalue weighted by Crippen LogP contribution is 2.38. The van der Waals surface area contributed by atoms with E-state index in [-0.39, 0.29) is 24.5 Å². The fraction of sp³-hybridized carbons (Fsp3) is 0.333. The van der Waals surface area contributed by atoms with Gasteiger partial charge in [-0.25, -0.2) is 4.79 Å². The van der Waals surface area contributed by atoms with E-state index in [2.05, 4.69) is 23.6 Å². The van der Waals surface area contributed by atoms with Gasteiger partial charge in [-0.15, -0.1) is 11.3 Å². The number of carbonyl (C=O) groups excluding carboxylic acids is 2. The van der Waals surface area contributed by atoms with Gasteiger partial charge in [0.2, 0.25) is 5.91 Å². The molecule has 1 atom stereocenters. The first kappa shape index (κ1) is 20.4. The molecule has 1 amide bonds. The molecule has 30 heavy (non-hydrogen) atoms. The number of esters is 1. The van der Waals surface area contributed by atoms with Crippen LogP contribution in [0, 0.1) is 13.8 Å². The third kappa shape index (κ3) is 3.67. The topological polar surface area (TPSA) is 51.5 Å². The van der Waals surface area contributed by atoms with Gasteiger partial charge in [0.25, 0.3) is 0 Å². The van der Waals surface area contributed by atoms with Gasteiger partial charge in [-0.3, -0.25) is 4.79 Å². The molecule has 3 heterocycles. The first-order valence-electron chi connectivity index (χ1n) is 10.3. The summed E-state index contributed by atoms with van der Waals surface area (Å²) >= 11 is 1.76. The van der Waals surface area contributed by atoms with Crippen LogP contribution in [-0.2, 0) is 22.5 Å². The standard InChI is InChI=1S/C24H26N2O3S/c1-4-29-24(28)20-14-16(2)26(17(20)3)15-22(27)25-12-10-21-19(11-13-30-21)23(25)18-8-6-5-7-9-18/h5-9,11,13-14,23H,4,10,12,15H2,1-3H3/t23-/m0/s1. The summed E-state index contributed by atoms with van der Waals surface area (Å²) in [5.74, 6) is -0.287. The van der Waals surface area contributed by atoms with Crippen molar-refractivity contribution < 1.29 is 14.3 Å². The minimum Gasteiger partial charge on any atom is -0.462 e. The molecule has 1 aliphatic heterocycles. The van der Waals surface area contributed by atoms with E-state index in [0.29, 0.717) is 18.7 Å². The van der Waals surface area contributed by atoms with E-state index in [4.69, 9.17) is 4.74 Å². The van der Waals surface area contributed by atoms with Crippen LogP contribution in [0.3, 0.4) is 0 Å². The molecule has 0 spiro atoms. The second kappa shape index (κ2) is 8.48. The second-order valence-corrected chi connectivity index (χ2v) is 8.54. The van der Waals surface area contributed by atoms with Gasteiger partial charge in [-0.1, -0.05) is 30.3 Å². The lowest BCUT2D eigenvalue weighted by Crippen LogP contribution is -2.42. The average Bonchev–Trinajstić information content (AvgIpc) is 3.33. The smallest absolute Gasteiger partial charge is 0.339 e. The number of thiophene rings is 1. The molecule has 0 unspecified atom stereocenters. The number of benzene rings is 1. The maximum Gasteiger partial charge on any atom is 0.339 e. The van der Waals surface area contributed by atoms with Crippen LogP contribution >= 0.6 is 11.3 Å². The molecule has 5 nitrogen and oxygen atoms in total. The number of hydrogen-bond acceptors (Lipinski definition) is 4. The maximum atomic E-state index is 13.5. The van der Waals surface area contributed by atoms with Gasteiger partial charge >= 0.3 is 5.97 Å². The van der Waals surface area contributed by atoms with E-state index in [9.17, 15) is 9.59 Å². The molecule has 0 aliphatic carbocycles. The van der Waals surface area contributed by atoms with Crippen molar-refractivity contribution >= 4 is 23.2 Å². The predicted octanol–water partition coefficient (Wildman–Crippen LogP) is 4.52. The zero-order valence-electron chi connectivity index (χ0n) is 17.6. The van der Waals surface area contributed by atoms with E-state index < -0.39 is 0 Å². The summed E-state index contributed by atoms with van der Waals surface area (Å²) in [6.45, 7) is 6.81. The van der Waals surface area contributed by atoms with Crippen LogP contribution < -0.4 is 0 Å². The van der Waals surface area contributed by atoms with Crippen molar-refractivity contribution in [2.75, 3.05) is 13.2 Å². The normalized spacial score (nSPS) is 15.7. The van der Waals surface area contributed by atoms with E-state index in [0.717, 1.165) is 23.4 Å². The van der Waals surface area contributed by atoms with Crippen LogP contribution in [0.2, 0.25) is 0 Å². The van der Waals surface area contributed by atoms with Crippen LogP contribution in [0.4, 0.5) is 0 Å². The summed E-state index contributed by atoms with van der Waals surface area (Å²) < 4.78 is 7.07. The molecule has 0 N–H and O–H groups in total. The van der Waals surface area contributed by atoms with Crippen molar-refractivity contribution in [2.24, 2.45) is 0 Å². The van der Waals surface area contributed by atoms with Crippen molar-refractivity contribution in [3.63, 3.8) is 0 Å². The van der Waals surface area contributed by atoms with E-state index in [1.165, 1.54) is 10.4 Å². The van der Waals surface area contributed by atoms with E-state index >= 15 is 0 Å². The number of amides is 1. The molecule has 0 bridgehead atoms. The molecule has 0 saturated carbocycles. The molecule has 1 aliphatic rings. The highest BCUT2D eigenvalue weighted by molar-refractivity contribution is 7.10. The lowest BCUT2D eigenvalue weighted by atomic mass is 9.93. The quantitative estimate of drug-likeness (QED) is 0.568. The van der Waals surface area contributed by atoms with Crippen LogP contribution in [0.25, 0.3) is 0 Å². The molecular weight excluding hydrogens is 396 g/mol. The van der Waals surface area contributed by atoms with Crippen molar-refractivity contribution in [2.45, 2.75) is 39.8 Å². The van der Waals surface area contributed by atoms with E-state index in [1.807, 2.05) is 47.6 Å². The van der Waals surface area contributed by atoms with Gasteiger partial charge in [0.15, 0.2) is 0 Å². The predicted molar refractivity (Wildman–Crippen MR) is 118 cm³/mol. The monoisotopic (exact) mass is 422 g/mol. The zero-order chi connectivity index (χ0) is 21.3. The molecule has 4 rings (SSSR count). The third-order valence-electron chi connectivity index (χ3n) is 5.76. The van der Waals surface area contributed by atoms with Gasteiger partial charge < -0.3 is 14.2 Å². The number of nitrogens with zero attached hydrogens (tertiary/aromatic N) is 2. The molecule has 1 aromatic carbocycles. The molecule has 6 heteroatoms. The highest BCUT2D eigenvalue weighted by Gasteiger charge is 2.33. The number of ether oxygens (including phenoxy) is 1. The molecule has 0 fully saturated rings. The Morgan fingerprint density at radius 1 is 1.17 bits per heavy atom. The number of rotatable bonds is 5. The largest absolute Gasteiger partial charge is 0.462 e. The molecular formula is C24H26N2O3S. The Morgan fingerprint density at radius 3 is 2.67 bits per heavy atom. The number of carbonyl (C=O) groups is 2. The summed E-state index contributed by atoms with van der Waals surface area (Å²) in [5.41, 5.74) is 4.52. The van der Waals surface area contributed by atoms with Crippen molar-refractivity contribution in [1.82, 2.24) is 9.47 Å². The van der Waals surface area contributed by atoms with Crippen LogP contribution in [-0.4, -0.2) is 34.5 Å². The summed E-state index contributed by atoms with van der Waals surface area (Å²) in [6.07, 6.45) is 0.875. The number of aromatic nitrogens is 1. The fourth-order valence-electron chi connectivity index (χ4n) is 4.27. The molecule has 0 radical (unpaired) electrons. The van der Waals surface area contributed by atoms with Gasteiger partial charge in [-0.2, -0.15) is 0 Å². The minimum absolute atomic E-state index is 0.0536. The fourth-order valence-corrected chi connectivity index (χ4v) is 5.17. The number of aryl methyl sites for hydroxylation is 1. The number of fused-ring (bicyclic) bond motifs is 1. The second-order valence-electron chi connectivity index (χ2n) is 7.54. The Kier molecular flexibility index (Phi) is 5.77. The van der Waals surface area contributed by atoms with E-state index in [1.54, 1.807) is 18.3 Å². The van der Waals surface area contributed by atoms with Gasteiger partial charge in [-0.05, 0) is 55.8 Å². The van der Waals surface area contributed by atoms with Crippen LogP contribution in [0.15, 0.2) is 47.8 Å². The zero-order valence-corrected chi connectivity index (χ0v) is 18.4. The minimum atomic E-state index is -0.340. The van der Waals surface area contributed by atoms with Gasteiger partial charge in [0.05, 0.1) is 18.2 Å².